The van der Waals surface area contributed by atoms with Gasteiger partial charge in [0.1, 0.15) is 5.56 Å². The van der Waals surface area contributed by atoms with Gasteiger partial charge in [-0.05, 0) is 50.7 Å². The number of rotatable bonds is 7. The molecule has 0 spiro atoms. The molecule has 4 heteroatoms. The third kappa shape index (κ3) is 4.92. The minimum absolute atomic E-state index is 0.170. The first-order chi connectivity index (χ1) is 13.6. The van der Waals surface area contributed by atoms with Gasteiger partial charge in [0.2, 0.25) is 0 Å². The SMILES string of the molecule is CCCCc1c(C(=O)Nc2ccccc2)c(=O)cc(C)n1CC1CCCCC1. The zero-order valence-corrected chi connectivity index (χ0v) is 17.2. The summed E-state index contributed by atoms with van der Waals surface area (Å²) in [5, 5.41) is 2.91. The van der Waals surface area contributed by atoms with Gasteiger partial charge in [-0.2, -0.15) is 0 Å². The molecule has 1 N–H and O–H groups in total. The van der Waals surface area contributed by atoms with Gasteiger partial charge < -0.3 is 9.88 Å². The zero-order valence-electron chi connectivity index (χ0n) is 17.2. The lowest BCUT2D eigenvalue weighted by Gasteiger charge is -2.27. The quantitative estimate of drug-likeness (QED) is 0.705. The van der Waals surface area contributed by atoms with Gasteiger partial charge in [-0.1, -0.05) is 50.8 Å². The van der Waals surface area contributed by atoms with Crippen LogP contribution in [0.25, 0.3) is 0 Å². The lowest BCUT2D eigenvalue weighted by Crippen LogP contribution is -2.30. The molecule has 1 fully saturated rings. The Bertz CT molecular complexity index is 849. The maximum absolute atomic E-state index is 13.1. The fraction of sp³-hybridized carbons (Fsp3) is 0.500. The number of pyridine rings is 1. The van der Waals surface area contributed by atoms with Crippen molar-refractivity contribution in [2.75, 3.05) is 5.32 Å². The van der Waals surface area contributed by atoms with E-state index in [-0.39, 0.29) is 11.3 Å². The molecule has 150 valence electrons. The number of amides is 1. The molecule has 1 aromatic carbocycles. The van der Waals surface area contributed by atoms with E-state index in [1.54, 1.807) is 6.07 Å². The van der Waals surface area contributed by atoms with Crippen molar-refractivity contribution in [2.45, 2.75) is 71.8 Å². The second-order valence-electron chi connectivity index (χ2n) is 8.01. The lowest BCUT2D eigenvalue weighted by molar-refractivity contribution is 0.102. The molecule has 1 saturated carbocycles. The van der Waals surface area contributed by atoms with Crippen molar-refractivity contribution in [3.8, 4) is 0 Å². The van der Waals surface area contributed by atoms with Crippen LogP contribution in [0.3, 0.4) is 0 Å². The van der Waals surface area contributed by atoms with E-state index in [0.717, 1.165) is 37.2 Å². The Kier molecular flexibility index (Phi) is 7.07. The van der Waals surface area contributed by atoms with Crippen LogP contribution >= 0.6 is 0 Å². The highest BCUT2D eigenvalue weighted by Crippen LogP contribution is 2.27. The third-order valence-electron chi connectivity index (χ3n) is 5.82. The number of hydrogen-bond acceptors (Lipinski definition) is 2. The van der Waals surface area contributed by atoms with Gasteiger partial charge in [0.05, 0.1) is 0 Å². The number of carbonyl (C=O) groups excluding carboxylic acids is 1. The Hall–Kier alpha value is -2.36. The van der Waals surface area contributed by atoms with Crippen LogP contribution in [0.4, 0.5) is 5.69 Å². The van der Waals surface area contributed by atoms with E-state index in [1.165, 1.54) is 32.1 Å². The highest BCUT2D eigenvalue weighted by Gasteiger charge is 2.22. The topological polar surface area (TPSA) is 51.1 Å². The smallest absolute Gasteiger partial charge is 0.261 e. The molecular formula is C24H32N2O2. The minimum atomic E-state index is -0.292. The van der Waals surface area contributed by atoms with Gasteiger partial charge in [-0.25, -0.2) is 0 Å². The molecule has 4 nitrogen and oxygen atoms in total. The molecule has 0 aliphatic heterocycles. The van der Waals surface area contributed by atoms with Crippen LogP contribution in [0.1, 0.15) is 73.6 Å². The second kappa shape index (κ2) is 9.72. The number of nitrogens with one attached hydrogen (secondary N) is 1. The summed E-state index contributed by atoms with van der Waals surface area (Å²) in [6.07, 6.45) is 9.15. The van der Waals surface area contributed by atoms with E-state index in [1.807, 2.05) is 37.3 Å². The van der Waals surface area contributed by atoms with Gasteiger partial charge in [0.15, 0.2) is 5.43 Å². The monoisotopic (exact) mass is 380 g/mol. The summed E-state index contributed by atoms with van der Waals surface area (Å²) in [7, 11) is 0. The normalized spacial score (nSPS) is 14.8. The molecule has 1 heterocycles. The number of aryl methyl sites for hydroxylation is 1. The average molecular weight is 381 g/mol. The highest BCUT2D eigenvalue weighted by molar-refractivity contribution is 6.05. The number of unbranched alkanes of at least 4 members (excludes halogenated alkanes) is 1. The number of anilines is 1. The van der Waals surface area contributed by atoms with Crippen molar-refractivity contribution in [3.05, 3.63) is 63.6 Å². The molecule has 28 heavy (non-hydrogen) atoms. The Morgan fingerprint density at radius 3 is 2.54 bits per heavy atom. The molecule has 0 atom stereocenters. The maximum atomic E-state index is 13.1. The van der Waals surface area contributed by atoms with Crippen molar-refractivity contribution >= 4 is 11.6 Å². The van der Waals surface area contributed by atoms with E-state index in [0.29, 0.717) is 17.2 Å². The molecule has 1 aliphatic carbocycles. The Morgan fingerprint density at radius 2 is 1.86 bits per heavy atom. The number of benzene rings is 1. The van der Waals surface area contributed by atoms with Crippen molar-refractivity contribution in [1.29, 1.82) is 0 Å². The lowest BCUT2D eigenvalue weighted by atomic mass is 9.89. The molecular weight excluding hydrogens is 348 g/mol. The number of aromatic nitrogens is 1. The van der Waals surface area contributed by atoms with Crippen LogP contribution in [-0.2, 0) is 13.0 Å². The highest BCUT2D eigenvalue weighted by atomic mass is 16.2. The fourth-order valence-corrected chi connectivity index (χ4v) is 4.27. The number of para-hydroxylation sites is 1. The fourth-order valence-electron chi connectivity index (χ4n) is 4.27. The zero-order chi connectivity index (χ0) is 19.9. The van der Waals surface area contributed by atoms with Crippen molar-refractivity contribution in [2.24, 2.45) is 5.92 Å². The van der Waals surface area contributed by atoms with Crippen molar-refractivity contribution in [1.82, 2.24) is 4.57 Å². The van der Waals surface area contributed by atoms with Crippen LogP contribution < -0.4 is 10.7 Å². The molecule has 0 unspecified atom stereocenters. The molecule has 0 radical (unpaired) electrons. The van der Waals surface area contributed by atoms with Crippen molar-refractivity contribution in [3.63, 3.8) is 0 Å². The van der Waals surface area contributed by atoms with Crippen LogP contribution in [0.2, 0.25) is 0 Å². The summed E-state index contributed by atoms with van der Waals surface area (Å²) in [6.45, 7) is 5.05. The maximum Gasteiger partial charge on any atom is 0.261 e. The van der Waals surface area contributed by atoms with Gasteiger partial charge in [0, 0.05) is 29.7 Å². The van der Waals surface area contributed by atoms with E-state index < -0.39 is 0 Å². The van der Waals surface area contributed by atoms with E-state index in [4.69, 9.17) is 0 Å². The van der Waals surface area contributed by atoms with Crippen LogP contribution in [0.5, 0.6) is 0 Å². The summed E-state index contributed by atoms with van der Waals surface area (Å²) in [5.41, 5.74) is 2.74. The van der Waals surface area contributed by atoms with Crippen LogP contribution in [0.15, 0.2) is 41.2 Å². The molecule has 2 aromatic rings. The first kappa shape index (κ1) is 20.4. The summed E-state index contributed by atoms with van der Waals surface area (Å²) in [4.78, 5) is 25.9. The van der Waals surface area contributed by atoms with E-state index in [9.17, 15) is 9.59 Å². The summed E-state index contributed by atoms with van der Waals surface area (Å²) < 4.78 is 2.26. The predicted molar refractivity (Wildman–Crippen MR) is 115 cm³/mol. The minimum Gasteiger partial charge on any atom is -0.348 e. The first-order valence-electron chi connectivity index (χ1n) is 10.7. The Labute approximate surface area is 168 Å². The van der Waals surface area contributed by atoms with Crippen LogP contribution in [-0.4, -0.2) is 10.5 Å². The standard InChI is InChI=1S/C24H32N2O2/c1-3-4-15-21-23(24(28)25-20-13-9-6-10-14-20)22(27)16-18(2)26(21)17-19-11-7-5-8-12-19/h6,9-10,13-14,16,19H,3-5,7-8,11-12,15,17H2,1-2H3,(H,25,28). The average Bonchev–Trinajstić information content (AvgIpc) is 2.70. The van der Waals surface area contributed by atoms with Gasteiger partial charge in [-0.15, -0.1) is 0 Å². The largest absolute Gasteiger partial charge is 0.348 e. The summed E-state index contributed by atoms with van der Waals surface area (Å²) in [6, 6.07) is 11.0. The number of nitrogens with zero attached hydrogens (tertiary/aromatic N) is 1. The van der Waals surface area contributed by atoms with E-state index >= 15 is 0 Å². The van der Waals surface area contributed by atoms with Crippen LogP contribution in [0, 0.1) is 12.8 Å². The molecule has 1 aliphatic rings. The summed E-state index contributed by atoms with van der Waals surface area (Å²) in [5.74, 6) is 0.347. The second-order valence-corrected chi connectivity index (χ2v) is 8.01. The molecule has 1 amide bonds. The van der Waals surface area contributed by atoms with Gasteiger partial charge >= 0.3 is 0 Å². The van der Waals surface area contributed by atoms with Gasteiger partial charge in [0.25, 0.3) is 5.91 Å². The Balaban J connectivity index is 1.97. The van der Waals surface area contributed by atoms with E-state index in [2.05, 4.69) is 16.8 Å². The summed E-state index contributed by atoms with van der Waals surface area (Å²) >= 11 is 0. The molecule has 0 bridgehead atoms. The Morgan fingerprint density at radius 1 is 1.14 bits per heavy atom. The molecule has 0 saturated heterocycles. The number of carbonyl (C=O) groups is 1. The van der Waals surface area contributed by atoms with Gasteiger partial charge in [-0.3, -0.25) is 9.59 Å². The first-order valence-corrected chi connectivity index (χ1v) is 10.7. The molecule has 1 aromatic heterocycles. The van der Waals surface area contributed by atoms with Crippen molar-refractivity contribution < 1.29 is 4.79 Å². The molecule has 3 rings (SSSR count). The predicted octanol–water partition coefficient (Wildman–Crippen LogP) is 5.33. The third-order valence-corrected chi connectivity index (χ3v) is 5.82. The number of hydrogen-bond donors (Lipinski definition) is 1.